The summed E-state index contributed by atoms with van der Waals surface area (Å²) in [6.07, 6.45) is -0.478. The molecule has 2 rings (SSSR count). The molecule has 21 heavy (non-hydrogen) atoms. The fourth-order valence-electron chi connectivity index (χ4n) is 2.29. The molecule has 8 nitrogen and oxygen atoms in total. The van der Waals surface area contributed by atoms with Gasteiger partial charge in [-0.2, -0.15) is 0 Å². The van der Waals surface area contributed by atoms with Crippen LogP contribution >= 0.6 is 15.9 Å². The largest absolute Gasteiger partial charge is 0.459 e. The van der Waals surface area contributed by atoms with Gasteiger partial charge in [0.1, 0.15) is 29.4 Å². The van der Waals surface area contributed by atoms with Crippen LogP contribution in [0.2, 0.25) is 0 Å². The highest BCUT2D eigenvalue weighted by molar-refractivity contribution is 9.09. The first kappa shape index (κ1) is 16.2. The van der Waals surface area contributed by atoms with Gasteiger partial charge in [-0.25, -0.2) is 4.79 Å². The zero-order chi connectivity index (χ0) is 15.9. The number of likely N-dealkylation sites (N-methyl/N-ethyl adjacent to an activating group) is 1. The van der Waals surface area contributed by atoms with Crippen molar-refractivity contribution in [2.45, 2.75) is 43.7 Å². The highest BCUT2D eigenvalue weighted by atomic mass is 79.9. The van der Waals surface area contributed by atoms with Gasteiger partial charge in [-0.1, -0.05) is 15.9 Å². The quantitative estimate of drug-likeness (QED) is 0.401. The van der Waals surface area contributed by atoms with Crippen molar-refractivity contribution in [3.8, 4) is 0 Å². The van der Waals surface area contributed by atoms with Crippen molar-refractivity contribution in [3.05, 3.63) is 0 Å². The third-order valence-electron chi connectivity index (χ3n) is 3.18. The maximum Gasteiger partial charge on any atom is 0.326 e. The van der Waals surface area contributed by atoms with Crippen molar-refractivity contribution < 1.29 is 19.1 Å². The van der Waals surface area contributed by atoms with Crippen LogP contribution in [0.1, 0.15) is 20.8 Å². The number of rotatable bonds is 2. The van der Waals surface area contributed by atoms with E-state index in [9.17, 15) is 14.4 Å². The van der Waals surface area contributed by atoms with E-state index in [0.29, 0.717) is 0 Å². The van der Waals surface area contributed by atoms with E-state index in [4.69, 9.17) is 4.74 Å². The summed E-state index contributed by atoms with van der Waals surface area (Å²) in [5.74, 6) is -1.04. The van der Waals surface area contributed by atoms with Crippen molar-refractivity contribution in [2.24, 2.45) is 0 Å². The summed E-state index contributed by atoms with van der Waals surface area (Å²) in [6.45, 7) is 4.78. The molecule has 2 aliphatic rings. The molecule has 0 spiro atoms. The molecule has 2 heterocycles. The predicted molar refractivity (Wildman–Crippen MR) is 77.3 cm³/mol. The Morgan fingerprint density at radius 2 is 2.00 bits per heavy atom. The van der Waals surface area contributed by atoms with Crippen LogP contribution in [0.5, 0.6) is 0 Å². The number of hydrogen-bond donors (Lipinski definition) is 2. The summed E-state index contributed by atoms with van der Waals surface area (Å²) in [4.78, 5) is 38.9. The minimum Gasteiger partial charge on any atom is -0.459 e. The van der Waals surface area contributed by atoms with Crippen LogP contribution < -0.4 is 10.6 Å². The molecule has 2 fully saturated rings. The summed E-state index contributed by atoms with van der Waals surface area (Å²) in [6, 6.07) is -1.16. The number of halogens is 1. The van der Waals surface area contributed by atoms with E-state index in [-0.39, 0.29) is 5.08 Å². The van der Waals surface area contributed by atoms with Gasteiger partial charge in [0.25, 0.3) is 5.91 Å². The maximum absolute atomic E-state index is 12.4. The second kappa shape index (κ2) is 5.54. The molecule has 0 aromatic rings. The Hall–Kier alpha value is -1.19. The molecule has 2 aliphatic heterocycles. The first-order valence-electron chi connectivity index (χ1n) is 6.56. The average molecular weight is 363 g/mol. The monoisotopic (exact) mass is 362 g/mol. The molecule has 0 aliphatic carbocycles. The van der Waals surface area contributed by atoms with Gasteiger partial charge in [0.05, 0.1) is 0 Å². The predicted octanol–water partition coefficient (Wildman–Crippen LogP) is -0.212. The minimum atomic E-state index is -0.665. The topological polar surface area (TPSA) is 91.0 Å². The molecule has 0 bridgehead atoms. The van der Waals surface area contributed by atoms with Crippen LogP contribution in [0.3, 0.4) is 0 Å². The van der Waals surface area contributed by atoms with Crippen molar-refractivity contribution >= 4 is 33.8 Å². The van der Waals surface area contributed by atoms with Crippen molar-refractivity contribution in [2.75, 3.05) is 13.6 Å². The van der Waals surface area contributed by atoms with Crippen molar-refractivity contribution in [3.63, 3.8) is 0 Å². The third kappa shape index (κ3) is 3.35. The zero-order valence-corrected chi connectivity index (χ0v) is 13.9. The molecule has 118 valence electrons. The molecule has 9 heteroatoms. The van der Waals surface area contributed by atoms with E-state index in [1.807, 2.05) is 0 Å². The maximum atomic E-state index is 12.4. The lowest BCUT2D eigenvalue weighted by atomic mass is 10.1. The molecule has 2 N–H and O–H groups in total. The van der Waals surface area contributed by atoms with Gasteiger partial charge in [0.2, 0.25) is 0 Å². The lowest BCUT2D eigenvalue weighted by Crippen LogP contribution is -2.66. The number of amides is 3. The molecular formula is C12H19BrN4O4. The van der Waals surface area contributed by atoms with Crippen LogP contribution in [0.4, 0.5) is 4.79 Å². The number of urea groups is 1. The Morgan fingerprint density at radius 1 is 1.38 bits per heavy atom. The lowest BCUT2D eigenvalue weighted by molar-refractivity contribution is -0.158. The average Bonchev–Trinajstić information content (AvgIpc) is 2.58. The van der Waals surface area contributed by atoms with Gasteiger partial charge in [-0.05, 0) is 27.8 Å². The van der Waals surface area contributed by atoms with Gasteiger partial charge in [-0.3, -0.25) is 24.7 Å². The van der Waals surface area contributed by atoms with Crippen molar-refractivity contribution in [1.29, 1.82) is 0 Å². The molecule has 3 unspecified atom stereocenters. The van der Waals surface area contributed by atoms with Gasteiger partial charge in [-0.15, -0.1) is 0 Å². The molecule has 3 atom stereocenters. The van der Waals surface area contributed by atoms with Crippen LogP contribution in [0.15, 0.2) is 0 Å². The van der Waals surface area contributed by atoms with E-state index in [1.54, 1.807) is 32.7 Å². The summed E-state index contributed by atoms with van der Waals surface area (Å²) >= 11 is 3.35. The minimum absolute atomic E-state index is 0.224. The number of esters is 1. The first-order chi connectivity index (χ1) is 9.60. The van der Waals surface area contributed by atoms with Gasteiger partial charge in [0, 0.05) is 0 Å². The number of hydrogen-bond acceptors (Lipinski definition) is 6. The smallest absolute Gasteiger partial charge is 0.326 e. The Balaban J connectivity index is 2.09. The Labute approximate surface area is 131 Å². The fraction of sp³-hybridized carbons (Fsp3) is 0.750. The lowest BCUT2D eigenvalue weighted by Gasteiger charge is -2.35. The number of nitrogens with zero attached hydrogens (tertiary/aromatic N) is 2. The molecule has 0 aromatic carbocycles. The number of fused-ring (bicyclic) bond motifs is 1. The number of imide groups is 1. The normalized spacial score (nSPS) is 30.1. The summed E-state index contributed by atoms with van der Waals surface area (Å²) in [7, 11) is 1.75. The fourth-order valence-corrected chi connectivity index (χ4v) is 2.83. The molecular weight excluding hydrogens is 344 g/mol. The van der Waals surface area contributed by atoms with Crippen LogP contribution in [0, 0.1) is 0 Å². The van der Waals surface area contributed by atoms with E-state index in [1.165, 1.54) is 0 Å². The number of alkyl halides is 1. The SMILES string of the molecule is CN1C(Br)NC2NC(=O)N(CC(=O)OC(C)(C)C)C(=O)C21. The second-order valence-electron chi connectivity index (χ2n) is 6.05. The third-order valence-corrected chi connectivity index (χ3v) is 4.09. The van der Waals surface area contributed by atoms with Gasteiger partial charge < -0.3 is 10.1 Å². The molecule has 0 radical (unpaired) electrons. The summed E-state index contributed by atoms with van der Waals surface area (Å²) in [5, 5.41) is 5.47. The number of nitrogens with one attached hydrogen (secondary N) is 2. The zero-order valence-electron chi connectivity index (χ0n) is 12.3. The highest BCUT2D eigenvalue weighted by Gasteiger charge is 2.50. The van der Waals surface area contributed by atoms with E-state index in [0.717, 1.165) is 4.90 Å². The highest BCUT2D eigenvalue weighted by Crippen LogP contribution is 2.23. The Morgan fingerprint density at radius 3 is 2.57 bits per heavy atom. The number of carbonyl (C=O) groups excluding carboxylic acids is 3. The van der Waals surface area contributed by atoms with E-state index in [2.05, 4.69) is 26.6 Å². The van der Waals surface area contributed by atoms with Gasteiger partial charge >= 0.3 is 12.0 Å². The van der Waals surface area contributed by atoms with Crippen LogP contribution in [-0.4, -0.2) is 64.2 Å². The van der Waals surface area contributed by atoms with Gasteiger partial charge in [0.15, 0.2) is 0 Å². The van der Waals surface area contributed by atoms with E-state index < -0.39 is 42.3 Å². The Kier molecular flexibility index (Phi) is 4.27. The van der Waals surface area contributed by atoms with Crippen molar-refractivity contribution in [1.82, 2.24) is 20.4 Å². The number of ether oxygens (including phenoxy) is 1. The summed E-state index contributed by atoms with van der Waals surface area (Å²) < 4.78 is 5.15. The van der Waals surface area contributed by atoms with Crippen LogP contribution in [0.25, 0.3) is 0 Å². The Bertz CT molecular complexity index is 478. The standard InChI is InChI=1S/C12H19BrN4O4/c1-12(2,3)21-6(18)5-17-9(19)7-8(15-11(17)20)14-10(13)16(7)4/h7-8,10,14H,5H2,1-4H3,(H,15,20). The molecule has 2 saturated heterocycles. The second-order valence-corrected chi connectivity index (χ2v) is 6.92. The van der Waals surface area contributed by atoms with Crippen LogP contribution in [-0.2, 0) is 14.3 Å². The molecule has 3 amide bonds. The summed E-state index contributed by atoms with van der Waals surface area (Å²) in [5.41, 5.74) is -0.665. The molecule has 0 aromatic heterocycles. The number of carbonyl (C=O) groups is 3. The van der Waals surface area contributed by atoms with E-state index >= 15 is 0 Å². The molecule has 0 saturated carbocycles. The first-order valence-corrected chi connectivity index (χ1v) is 7.47.